The van der Waals surface area contributed by atoms with Gasteiger partial charge >= 0.3 is 15.6 Å². The van der Waals surface area contributed by atoms with Gasteiger partial charge in [-0.05, 0) is 57.9 Å². The van der Waals surface area contributed by atoms with Gasteiger partial charge in [0.1, 0.15) is 5.60 Å². The van der Waals surface area contributed by atoms with E-state index in [1.165, 1.54) is 6.07 Å². The fraction of sp³-hybridized carbons (Fsp3) is 0.409. The lowest BCUT2D eigenvalue weighted by molar-refractivity contribution is -0.0500. The number of ether oxygens (including phenoxy) is 1. The SMILES string of the molecule is CC1(C)Cc2cc(OS(=O)(=O)C(F)(F)F)c3c(c2C(c2cccc(Br)c2)=N1)CC(C)(C)O3. The molecular weight excluding hydrogens is 511 g/mol. The Morgan fingerprint density at radius 3 is 2.44 bits per heavy atom. The third-order valence-electron chi connectivity index (χ3n) is 5.26. The predicted molar refractivity (Wildman–Crippen MR) is 118 cm³/mol. The zero-order chi connectivity index (χ0) is 23.7. The van der Waals surface area contributed by atoms with Gasteiger partial charge in [-0.25, -0.2) is 0 Å². The van der Waals surface area contributed by atoms with Gasteiger partial charge in [0, 0.05) is 27.6 Å². The van der Waals surface area contributed by atoms with Gasteiger partial charge in [-0.1, -0.05) is 28.1 Å². The minimum atomic E-state index is -5.85. The molecule has 2 aliphatic rings. The Morgan fingerprint density at radius 1 is 1.12 bits per heavy atom. The van der Waals surface area contributed by atoms with Crippen LogP contribution in [-0.2, 0) is 23.0 Å². The van der Waals surface area contributed by atoms with E-state index in [-0.39, 0.29) is 5.75 Å². The average molecular weight is 532 g/mol. The molecular formula is C22H21BrF3NO4S. The lowest BCUT2D eigenvalue weighted by atomic mass is 9.81. The number of alkyl halides is 3. The number of benzene rings is 2. The van der Waals surface area contributed by atoms with Gasteiger partial charge in [0.25, 0.3) is 0 Å². The first-order valence-electron chi connectivity index (χ1n) is 9.83. The molecule has 0 atom stereocenters. The number of halogens is 4. The highest BCUT2D eigenvalue weighted by atomic mass is 79.9. The molecule has 0 amide bonds. The smallest absolute Gasteiger partial charge is 0.483 e. The number of rotatable bonds is 3. The Balaban J connectivity index is 1.97. The van der Waals surface area contributed by atoms with Gasteiger partial charge in [0.15, 0.2) is 11.5 Å². The molecule has 0 radical (unpaired) electrons. The van der Waals surface area contributed by atoms with Crippen LogP contribution >= 0.6 is 15.9 Å². The van der Waals surface area contributed by atoms with Gasteiger partial charge in [0.05, 0.1) is 11.3 Å². The maximum atomic E-state index is 13.0. The zero-order valence-electron chi connectivity index (χ0n) is 17.8. The summed E-state index contributed by atoms with van der Waals surface area (Å²) in [5.41, 5.74) is -3.36. The van der Waals surface area contributed by atoms with Gasteiger partial charge in [-0.2, -0.15) is 21.6 Å². The molecule has 2 aromatic rings. The molecule has 2 heterocycles. The highest BCUT2D eigenvalue weighted by Gasteiger charge is 2.50. The Morgan fingerprint density at radius 2 is 1.81 bits per heavy atom. The van der Waals surface area contributed by atoms with E-state index in [0.29, 0.717) is 29.7 Å². The first-order chi connectivity index (χ1) is 14.6. The Bertz CT molecular complexity index is 1250. The van der Waals surface area contributed by atoms with Crippen molar-refractivity contribution in [3.63, 3.8) is 0 Å². The van der Waals surface area contributed by atoms with Crippen molar-refractivity contribution in [1.82, 2.24) is 0 Å². The standard InChI is InChI=1S/C22H21BrF3NO4S/c1-20(2)10-13-9-16(31-32(28,29)22(24,25)26)19-15(11-21(3,4)30-19)17(13)18(27-20)12-6-5-7-14(23)8-12/h5-9H,10-11H2,1-4H3. The lowest BCUT2D eigenvalue weighted by Gasteiger charge is -2.31. The molecule has 5 nitrogen and oxygen atoms in total. The summed E-state index contributed by atoms with van der Waals surface area (Å²) in [6.45, 7) is 7.39. The van der Waals surface area contributed by atoms with Gasteiger partial charge in [0.2, 0.25) is 0 Å². The molecule has 0 unspecified atom stereocenters. The van der Waals surface area contributed by atoms with E-state index in [9.17, 15) is 21.6 Å². The minimum Gasteiger partial charge on any atom is -0.483 e. The van der Waals surface area contributed by atoms with E-state index >= 15 is 0 Å². The normalized spacial score (nSPS) is 18.9. The van der Waals surface area contributed by atoms with Crippen LogP contribution in [0.3, 0.4) is 0 Å². The quantitative estimate of drug-likeness (QED) is 0.384. The Kier molecular flexibility index (Phi) is 5.21. The number of hydrogen-bond acceptors (Lipinski definition) is 5. The maximum absolute atomic E-state index is 13.0. The molecule has 0 saturated heterocycles. The van der Waals surface area contributed by atoms with Crippen LogP contribution in [0, 0.1) is 0 Å². The molecule has 0 spiro atoms. The summed E-state index contributed by atoms with van der Waals surface area (Å²) >= 11 is 3.47. The summed E-state index contributed by atoms with van der Waals surface area (Å²) in [6, 6.07) is 8.91. The monoisotopic (exact) mass is 531 g/mol. The number of fused-ring (bicyclic) bond motifs is 3. The van der Waals surface area contributed by atoms with E-state index in [1.54, 1.807) is 13.8 Å². The van der Waals surface area contributed by atoms with Crippen molar-refractivity contribution in [3.05, 3.63) is 57.1 Å². The van der Waals surface area contributed by atoms with Crippen LogP contribution in [0.2, 0.25) is 0 Å². The van der Waals surface area contributed by atoms with Crippen LogP contribution in [0.4, 0.5) is 13.2 Å². The average Bonchev–Trinajstić information content (AvgIpc) is 2.94. The molecule has 0 bridgehead atoms. The number of hydrogen-bond donors (Lipinski definition) is 0. The molecule has 0 aliphatic carbocycles. The molecule has 0 saturated carbocycles. The van der Waals surface area contributed by atoms with Crippen molar-refractivity contribution in [2.24, 2.45) is 4.99 Å². The lowest BCUT2D eigenvalue weighted by Crippen LogP contribution is -2.31. The van der Waals surface area contributed by atoms with E-state index in [4.69, 9.17) is 9.73 Å². The van der Waals surface area contributed by atoms with E-state index in [0.717, 1.165) is 15.6 Å². The molecule has 4 rings (SSSR count). The molecule has 2 aliphatic heterocycles. The highest BCUT2D eigenvalue weighted by Crippen LogP contribution is 2.49. The fourth-order valence-electron chi connectivity index (χ4n) is 4.14. The second kappa shape index (κ2) is 7.21. The second-order valence-corrected chi connectivity index (χ2v) is 11.7. The van der Waals surface area contributed by atoms with Crippen molar-refractivity contribution in [2.75, 3.05) is 0 Å². The van der Waals surface area contributed by atoms with Crippen LogP contribution in [0.25, 0.3) is 0 Å². The van der Waals surface area contributed by atoms with E-state index in [2.05, 4.69) is 20.1 Å². The molecule has 0 fully saturated rings. The van der Waals surface area contributed by atoms with Crippen LogP contribution < -0.4 is 8.92 Å². The largest absolute Gasteiger partial charge is 0.534 e. The predicted octanol–water partition coefficient (Wildman–Crippen LogP) is 5.56. The van der Waals surface area contributed by atoms with Crippen LogP contribution in [0.1, 0.15) is 49.9 Å². The Labute approximate surface area is 192 Å². The third kappa shape index (κ3) is 4.14. The summed E-state index contributed by atoms with van der Waals surface area (Å²) in [5.74, 6) is -0.447. The molecule has 32 heavy (non-hydrogen) atoms. The van der Waals surface area contributed by atoms with Crippen molar-refractivity contribution < 1.29 is 30.5 Å². The second-order valence-electron chi connectivity index (χ2n) is 9.20. The first-order valence-corrected chi connectivity index (χ1v) is 12.0. The number of aliphatic imine (C=N–C) groups is 1. The van der Waals surface area contributed by atoms with Gasteiger partial charge in [-0.3, -0.25) is 4.99 Å². The van der Waals surface area contributed by atoms with E-state index in [1.807, 2.05) is 38.1 Å². The zero-order valence-corrected chi connectivity index (χ0v) is 20.2. The van der Waals surface area contributed by atoms with Crippen molar-refractivity contribution >= 4 is 31.8 Å². The number of nitrogens with zero attached hydrogens (tertiary/aromatic N) is 1. The summed E-state index contributed by atoms with van der Waals surface area (Å²) in [6.07, 6.45) is 0.761. The van der Waals surface area contributed by atoms with Crippen molar-refractivity contribution in [1.29, 1.82) is 0 Å². The molecule has 172 valence electrons. The molecule has 0 aromatic heterocycles. The summed E-state index contributed by atoms with van der Waals surface area (Å²) in [4.78, 5) is 4.94. The van der Waals surface area contributed by atoms with Crippen LogP contribution in [-0.4, -0.2) is 30.8 Å². The molecule has 10 heteroatoms. The van der Waals surface area contributed by atoms with Crippen molar-refractivity contribution in [3.8, 4) is 11.5 Å². The van der Waals surface area contributed by atoms with E-state index < -0.39 is 32.5 Å². The van der Waals surface area contributed by atoms with Crippen LogP contribution in [0.15, 0.2) is 39.8 Å². The minimum absolute atomic E-state index is 0.00368. The first kappa shape index (κ1) is 23.1. The van der Waals surface area contributed by atoms with Crippen molar-refractivity contribution in [2.45, 2.75) is 57.2 Å². The van der Waals surface area contributed by atoms with Crippen LogP contribution in [0.5, 0.6) is 11.5 Å². The Hall–Kier alpha value is -2.07. The summed E-state index contributed by atoms with van der Waals surface area (Å²) in [5, 5.41) is 0. The summed E-state index contributed by atoms with van der Waals surface area (Å²) < 4.78 is 73.9. The maximum Gasteiger partial charge on any atom is 0.534 e. The summed E-state index contributed by atoms with van der Waals surface area (Å²) in [7, 11) is -5.85. The van der Waals surface area contributed by atoms with Gasteiger partial charge in [-0.15, -0.1) is 0 Å². The van der Waals surface area contributed by atoms with Gasteiger partial charge < -0.3 is 8.92 Å². The molecule has 2 aromatic carbocycles. The fourth-order valence-corrected chi connectivity index (χ4v) is 5.00. The topological polar surface area (TPSA) is 65.0 Å². The third-order valence-corrected chi connectivity index (χ3v) is 6.72. The highest BCUT2D eigenvalue weighted by molar-refractivity contribution is 9.10. The molecule has 0 N–H and O–H groups in total.